The number of carbonyl (C=O) groups is 2. The maximum absolute atomic E-state index is 12.5. The molecule has 2 N–H and O–H groups in total. The van der Waals surface area contributed by atoms with Crippen molar-refractivity contribution in [1.82, 2.24) is 4.90 Å². The summed E-state index contributed by atoms with van der Waals surface area (Å²) in [6.07, 6.45) is 0.858. The molecule has 6 nitrogen and oxygen atoms in total. The standard InChI is InChI=1S/C19H21N3O3/c1-25-13-18(23)20-16-7-4-8-17(11-16)21-19(24)22-10-9-14-5-2-3-6-15(14)12-22/h2-8,11H,9-10,12-13H2,1H3,(H,20,23)(H,21,24). The average Bonchev–Trinajstić information content (AvgIpc) is 2.61. The van der Waals surface area contributed by atoms with E-state index in [1.54, 1.807) is 29.2 Å². The van der Waals surface area contributed by atoms with E-state index in [0.717, 1.165) is 6.42 Å². The Balaban J connectivity index is 1.63. The molecule has 3 amide bonds. The Labute approximate surface area is 146 Å². The van der Waals surface area contributed by atoms with Crippen molar-refractivity contribution in [1.29, 1.82) is 0 Å². The summed E-state index contributed by atoms with van der Waals surface area (Å²) in [6.45, 7) is 1.28. The molecule has 0 aliphatic carbocycles. The Morgan fingerprint density at radius 3 is 2.52 bits per heavy atom. The minimum absolute atomic E-state index is 0.0101. The first-order valence-corrected chi connectivity index (χ1v) is 8.17. The highest BCUT2D eigenvalue weighted by Crippen LogP contribution is 2.20. The molecule has 0 saturated carbocycles. The normalized spacial score (nSPS) is 13.1. The number of rotatable bonds is 4. The van der Waals surface area contributed by atoms with Gasteiger partial charge in [-0.1, -0.05) is 30.3 Å². The lowest BCUT2D eigenvalue weighted by atomic mass is 10.0. The molecule has 0 radical (unpaired) electrons. The van der Waals surface area contributed by atoms with Gasteiger partial charge in [0.1, 0.15) is 6.61 Å². The van der Waals surface area contributed by atoms with Gasteiger partial charge in [-0.2, -0.15) is 0 Å². The number of nitrogens with one attached hydrogen (secondary N) is 2. The first-order valence-electron chi connectivity index (χ1n) is 8.17. The summed E-state index contributed by atoms with van der Waals surface area (Å²) in [7, 11) is 1.47. The summed E-state index contributed by atoms with van der Waals surface area (Å²) in [4.78, 5) is 25.9. The lowest BCUT2D eigenvalue weighted by Crippen LogP contribution is -2.38. The van der Waals surface area contributed by atoms with E-state index in [-0.39, 0.29) is 18.5 Å². The molecule has 130 valence electrons. The smallest absolute Gasteiger partial charge is 0.322 e. The monoisotopic (exact) mass is 339 g/mol. The maximum atomic E-state index is 12.5. The second-order valence-corrected chi connectivity index (χ2v) is 5.93. The number of amides is 3. The predicted molar refractivity (Wildman–Crippen MR) is 96.5 cm³/mol. The Bertz CT molecular complexity index is 776. The van der Waals surface area contributed by atoms with Crippen molar-refractivity contribution in [3.8, 4) is 0 Å². The van der Waals surface area contributed by atoms with Crippen LogP contribution < -0.4 is 10.6 Å². The van der Waals surface area contributed by atoms with Crippen molar-refractivity contribution in [3.63, 3.8) is 0 Å². The molecular formula is C19H21N3O3. The molecule has 0 aromatic heterocycles. The van der Waals surface area contributed by atoms with Crippen molar-refractivity contribution < 1.29 is 14.3 Å². The number of fused-ring (bicyclic) bond motifs is 1. The number of nitrogens with zero attached hydrogens (tertiary/aromatic N) is 1. The van der Waals surface area contributed by atoms with Gasteiger partial charge in [-0.05, 0) is 35.7 Å². The predicted octanol–water partition coefficient (Wildman–Crippen LogP) is 2.86. The van der Waals surface area contributed by atoms with E-state index in [4.69, 9.17) is 4.74 Å². The molecule has 2 aromatic carbocycles. The summed E-state index contributed by atoms with van der Waals surface area (Å²) < 4.78 is 4.79. The van der Waals surface area contributed by atoms with Crippen LogP contribution in [0.3, 0.4) is 0 Å². The number of urea groups is 1. The Morgan fingerprint density at radius 2 is 1.76 bits per heavy atom. The molecule has 6 heteroatoms. The first-order chi connectivity index (χ1) is 12.2. The fourth-order valence-electron chi connectivity index (χ4n) is 2.87. The second kappa shape index (κ2) is 7.81. The number of carbonyl (C=O) groups excluding carboxylic acids is 2. The Kier molecular flexibility index (Phi) is 5.30. The number of benzene rings is 2. The minimum atomic E-state index is -0.237. The molecule has 3 rings (SSSR count). The van der Waals surface area contributed by atoms with Gasteiger partial charge in [-0.15, -0.1) is 0 Å². The third-order valence-electron chi connectivity index (χ3n) is 4.09. The van der Waals surface area contributed by atoms with Crippen molar-refractivity contribution in [2.24, 2.45) is 0 Å². The van der Waals surface area contributed by atoms with Gasteiger partial charge >= 0.3 is 6.03 Å². The van der Waals surface area contributed by atoms with Crippen LogP contribution in [0.15, 0.2) is 48.5 Å². The van der Waals surface area contributed by atoms with Gasteiger partial charge in [0.2, 0.25) is 5.91 Å². The second-order valence-electron chi connectivity index (χ2n) is 5.93. The van der Waals surface area contributed by atoms with Crippen LogP contribution in [0.2, 0.25) is 0 Å². The third kappa shape index (κ3) is 4.36. The fourth-order valence-corrected chi connectivity index (χ4v) is 2.87. The van der Waals surface area contributed by atoms with Crippen LogP contribution in [0.5, 0.6) is 0 Å². The van der Waals surface area contributed by atoms with Gasteiger partial charge < -0.3 is 20.3 Å². The Morgan fingerprint density at radius 1 is 1.04 bits per heavy atom. The van der Waals surface area contributed by atoms with E-state index in [2.05, 4.69) is 22.8 Å². The lowest BCUT2D eigenvalue weighted by Gasteiger charge is -2.29. The highest BCUT2D eigenvalue weighted by molar-refractivity contribution is 5.94. The van der Waals surface area contributed by atoms with Crippen molar-refractivity contribution in [3.05, 3.63) is 59.7 Å². The molecule has 0 spiro atoms. The van der Waals surface area contributed by atoms with E-state index in [1.165, 1.54) is 18.2 Å². The van der Waals surface area contributed by atoms with E-state index >= 15 is 0 Å². The van der Waals surface area contributed by atoms with Gasteiger partial charge in [0.05, 0.1) is 0 Å². The van der Waals surface area contributed by atoms with Gasteiger partial charge in [0, 0.05) is 31.6 Å². The molecule has 0 saturated heterocycles. The molecule has 0 bridgehead atoms. The van der Waals surface area contributed by atoms with E-state index < -0.39 is 0 Å². The molecule has 0 atom stereocenters. The molecular weight excluding hydrogens is 318 g/mol. The number of ether oxygens (including phenoxy) is 1. The highest BCUT2D eigenvalue weighted by atomic mass is 16.5. The average molecular weight is 339 g/mol. The molecule has 1 heterocycles. The summed E-state index contributed by atoms with van der Waals surface area (Å²) in [5.74, 6) is -0.237. The summed E-state index contributed by atoms with van der Waals surface area (Å²) >= 11 is 0. The first kappa shape index (κ1) is 17.0. The Hall–Kier alpha value is -2.86. The number of methoxy groups -OCH3 is 1. The summed E-state index contributed by atoms with van der Waals surface area (Å²) in [6, 6.07) is 15.1. The quantitative estimate of drug-likeness (QED) is 0.900. The van der Waals surface area contributed by atoms with Crippen LogP contribution in [-0.4, -0.2) is 37.1 Å². The van der Waals surface area contributed by atoms with Crippen molar-refractivity contribution in [2.45, 2.75) is 13.0 Å². The topological polar surface area (TPSA) is 70.7 Å². The maximum Gasteiger partial charge on any atom is 0.322 e. The van der Waals surface area contributed by atoms with Gasteiger partial charge in [0.15, 0.2) is 0 Å². The molecule has 0 unspecified atom stereocenters. The molecule has 1 aliphatic rings. The van der Waals surface area contributed by atoms with Crippen LogP contribution in [0.25, 0.3) is 0 Å². The van der Waals surface area contributed by atoms with Crippen LogP contribution in [0.4, 0.5) is 16.2 Å². The zero-order valence-electron chi connectivity index (χ0n) is 14.1. The van der Waals surface area contributed by atoms with Crippen LogP contribution >= 0.6 is 0 Å². The zero-order chi connectivity index (χ0) is 17.6. The van der Waals surface area contributed by atoms with E-state index in [0.29, 0.717) is 24.5 Å². The van der Waals surface area contributed by atoms with Crippen LogP contribution in [0.1, 0.15) is 11.1 Å². The van der Waals surface area contributed by atoms with Gasteiger partial charge in [-0.3, -0.25) is 4.79 Å². The van der Waals surface area contributed by atoms with Gasteiger partial charge in [-0.25, -0.2) is 4.79 Å². The minimum Gasteiger partial charge on any atom is -0.375 e. The molecule has 0 fully saturated rings. The zero-order valence-corrected chi connectivity index (χ0v) is 14.1. The number of hydrogen-bond acceptors (Lipinski definition) is 3. The molecule has 2 aromatic rings. The highest BCUT2D eigenvalue weighted by Gasteiger charge is 2.20. The largest absolute Gasteiger partial charge is 0.375 e. The molecule has 25 heavy (non-hydrogen) atoms. The molecule has 1 aliphatic heterocycles. The fraction of sp³-hybridized carbons (Fsp3) is 0.263. The number of hydrogen-bond donors (Lipinski definition) is 2. The number of anilines is 2. The summed E-state index contributed by atoms with van der Waals surface area (Å²) in [5.41, 5.74) is 3.74. The van der Waals surface area contributed by atoms with Gasteiger partial charge in [0.25, 0.3) is 0 Å². The van der Waals surface area contributed by atoms with Crippen molar-refractivity contribution >= 4 is 23.3 Å². The van der Waals surface area contributed by atoms with E-state index in [9.17, 15) is 9.59 Å². The van der Waals surface area contributed by atoms with E-state index in [1.807, 2.05) is 12.1 Å². The lowest BCUT2D eigenvalue weighted by molar-refractivity contribution is -0.119. The van der Waals surface area contributed by atoms with Crippen LogP contribution in [0, 0.1) is 0 Å². The van der Waals surface area contributed by atoms with Crippen LogP contribution in [-0.2, 0) is 22.5 Å². The van der Waals surface area contributed by atoms with Crippen molar-refractivity contribution in [2.75, 3.05) is 30.9 Å². The SMILES string of the molecule is COCC(=O)Nc1cccc(NC(=O)N2CCc3ccccc3C2)c1. The third-order valence-corrected chi connectivity index (χ3v) is 4.09. The summed E-state index contributed by atoms with van der Waals surface area (Å²) in [5, 5.41) is 5.61.